The maximum Gasteiger partial charge on any atom is 0.401 e. The number of rotatable bonds is 7. The summed E-state index contributed by atoms with van der Waals surface area (Å²) in [6.07, 6.45) is -3.83. The van der Waals surface area contributed by atoms with Crippen molar-refractivity contribution < 1.29 is 37.1 Å². The van der Waals surface area contributed by atoms with E-state index in [-0.39, 0.29) is 12.2 Å². The van der Waals surface area contributed by atoms with Gasteiger partial charge in [0.15, 0.2) is 5.12 Å². The summed E-state index contributed by atoms with van der Waals surface area (Å²) in [5.74, 6) is -6.08. The van der Waals surface area contributed by atoms with E-state index >= 15 is 0 Å². The molecule has 0 bridgehead atoms. The minimum atomic E-state index is -4.91. The molecule has 0 spiro atoms. The molecule has 2 aromatic rings. The van der Waals surface area contributed by atoms with Gasteiger partial charge in [0.2, 0.25) is 5.91 Å². The smallest absolute Gasteiger partial charge is 0.401 e. The number of thioether (sulfide) groups is 1. The quantitative estimate of drug-likeness (QED) is 0.738. The predicted molar refractivity (Wildman–Crippen MR) is 92.2 cm³/mol. The number of benzene rings is 1. The monoisotopic (exact) mass is 403 g/mol. The van der Waals surface area contributed by atoms with Gasteiger partial charge in [0.1, 0.15) is 17.7 Å². The minimum Gasteiger partial charge on any atom is -0.480 e. The first-order valence-electron chi connectivity index (χ1n) is 7.78. The van der Waals surface area contributed by atoms with Crippen LogP contribution in [0.1, 0.15) is 12.7 Å². The van der Waals surface area contributed by atoms with Crippen LogP contribution in [-0.2, 0) is 20.8 Å². The number of carboxylic acid groups (broad SMARTS) is 1. The molecule has 0 radical (unpaired) electrons. The van der Waals surface area contributed by atoms with Crippen molar-refractivity contribution >= 4 is 39.5 Å². The van der Waals surface area contributed by atoms with E-state index in [1.165, 1.54) is 6.26 Å². The van der Waals surface area contributed by atoms with Crippen molar-refractivity contribution in [2.24, 2.45) is 5.92 Å². The molecule has 0 fully saturated rings. The van der Waals surface area contributed by atoms with Crippen LogP contribution in [0.3, 0.4) is 0 Å². The predicted octanol–water partition coefficient (Wildman–Crippen LogP) is 3.00. The Morgan fingerprint density at radius 1 is 1.26 bits per heavy atom. The van der Waals surface area contributed by atoms with Crippen molar-refractivity contribution in [1.82, 2.24) is 5.32 Å². The summed E-state index contributed by atoms with van der Waals surface area (Å²) < 4.78 is 44.6. The third-order valence-corrected chi connectivity index (χ3v) is 4.66. The highest BCUT2D eigenvalue weighted by Crippen LogP contribution is 2.30. The van der Waals surface area contributed by atoms with Gasteiger partial charge >= 0.3 is 12.1 Å². The number of nitrogens with one attached hydrogen (secondary N) is 1. The second-order valence-electron chi connectivity index (χ2n) is 5.75. The molecule has 0 saturated carbocycles. The number of halogens is 3. The van der Waals surface area contributed by atoms with Crippen molar-refractivity contribution in [3.05, 3.63) is 36.3 Å². The maximum absolute atomic E-state index is 13.1. The molecular weight excluding hydrogens is 387 g/mol. The Kier molecular flexibility index (Phi) is 6.53. The zero-order chi connectivity index (χ0) is 20.2. The second-order valence-corrected chi connectivity index (χ2v) is 6.94. The van der Waals surface area contributed by atoms with Crippen LogP contribution in [0, 0.1) is 5.92 Å². The Morgan fingerprint density at radius 2 is 1.93 bits per heavy atom. The van der Waals surface area contributed by atoms with Gasteiger partial charge < -0.3 is 14.8 Å². The number of carboxylic acids is 1. The number of furan rings is 1. The maximum atomic E-state index is 13.1. The molecule has 6 nitrogen and oxygen atoms in total. The summed E-state index contributed by atoms with van der Waals surface area (Å²) in [5, 5.41) is 11.9. The molecular formula is C17H16F3NO5S. The van der Waals surface area contributed by atoms with E-state index in [0.29, 0.717) is 22.5 Å². The van der Waals surface area contributed by atoms with Crippen molar-refractivity contribution in [3.63, 3.8) is 0 Å². The van der Waals surface area contributed by atoms with Crippen molar-refractivity contribution in [3.8, 4) is 0 Å². The van der Waals surface area contributed by atoms with E-state index in [1.807, 2.05) is 5.32 Å². The summed E-state index contributed by atoms with van der Waals surface area (Å²) in [6.45, 7) is 1.08. The number of carbonyl (C=O) groups excluding carboxylic acids is 2. The molecule has 1 amide bonds. The minimum absolute atomic E-state index is 0.236. The summed E-state index contributed by atoms with van der Waals surface area (Å²) in [7, 11) is 0. The Labute approximate surface area is 156 Å². The molecule has 2 atom stereocenters. The third-order valence-electron chi connectivity index (χ3n) is 3.76. The normalized spacial score (nSPS) is 13.9. The van der Waals surface area contributed by atoms with E-state index in [0.717, 1.165) is 6.92 Å². The van der Waals surface area contributed by atoms with Crippen LogP contribution < -0.4 is 5.32 Å². The summed E-state index contributed by atoms with van der Waals surface area (Å²) in [4.78, 5) is 34.4. The number of hydrogen-bond acceptors (Lipinski definition) is 5. The van der Waals surface area contributed by atoms with Gasteiger partial charge in [-0.1, -0.05) is 36.0 Å². The third kappa shape index (κ3) is 5.49. The Hall–Kier alpha value is -2.49. The summed E-state index contributed by atoms with van der Waals surface area (Å²) in [5.41, 5.74) is 0. The lowest BCUT2D eigenvalue weighted by molar-refractivity contribution is -0.179. The van der Waals surface area contributed by atoms with Gasteiger partial charge in [-0.05, 0) is 0 Å². The number of hydrogen-bond donors (Lipinski definition) is 2. The highest BCUT2D eigenvalue weighted by atomic mass is 32.2. The van der Waals surface area contributed by atoms with E-state index in [4.69, 9.17) is 4.42 Å². The van der Waals surface area contributed by atoms with Gasteiger partial charge in [0.05, 0.1) is 6.26 Å². The van der Waals surface area contributed by atoms with E-state index < -0.39 is 40.9 Å². The number of amides is 1. The number of aliphatic carboxylic acids is 1. The second kappa shape index (κ2) is 8.47. The average molecular weight is 403 g/mol. The van der Waals surface area contributed by atoms with Gasteiger partial charge in [-0.3, -0.25) is 9.59 Å². The lowest BCUT2D eigenvalue weighted by Crippen LogP contribution is -2.49. The lowest BCUT2D eigenvalue weighted by Gasteiger charge is -2.21. The summed E-state index contributed by atoms with van der Waals surface area (Å²) in [6, 6.07) is 5.25. The fourth-order valence-corrected chi connectivity index (χ4v) is 3.13. The van der Waals surface area contributed by atoms with E-state index in [1.54, 1.807) is 24.3 Å². The molecule has 27 heavy (non-hydrogen) atoms. The first-order chi connectivity index (χ1) is 12.6. The fraction of sp³-hybridized carbons (Fsp3) is 0.353. The molecule has 146 valence electrons. The molecule has 0 saturated heterocycles. The Morgan fingerprint density at radius 3 is 2.52 bits per heavy atom. The van der Waals surface area contributed by atoms with Crippen LogP contribution in [-0.4, -0.2) is 40.1 Å². The summed E-state index contributed by atoms with van der Waals surface area (Å²) >= 11 is 0.352. The SMILES string of the molecule is CC(=O)SC[C@H](C(=O)N[C@@H](Cc1occ2ccccc12)C(=O)O)C(F)(F)F. The molecule has 0 aliphatic heterocycles. The zero-order valence-corrected chi connectivity index (χ0v) is 14.9. The van der Waals surface area contributed by atoms with Crippen LogP contribution >= 0.6 is 11.8 Å². The van der Waals surface area contributed by atoms with Gasteiger partial charge in [0, 0.05) is 29.9 Å². The molecule has 1 aromatic heterocycles. The molecule has 0 unspecified atom stereocenters. The first-order valence-corrected chi connectivity index (χ1v) is 8.76. The fourth-order valence-electron chi connectivity index (χ4n) is 2.39. The molecule has 1 heterocycles. The highest BCUT2D eigenvalue weighted by molar-refractivity contribution is 8.13. The van der Waals surface area contributed by atoms with E-state index in [2.05, 4.69) is 0 Å². The Balaban J connectivity index is 2.17. The van der Waals surface area contributed by atoms with Gasteiger partial charge in [0.25, 0.3) is 0 Å². The Bertz CT molecular complexity index is 848. The van der Waals surface area contributed by atoms with Crippen LogP contribution in [0.2, 0.25) is 0 Å². The van der Waals surface area contributed by atoms with Crippen molar-refractivity contribution in [2.75, 3.05) is 5.75 Å². The van der Waals surface area contributed by atoms with Crippen LogP contribution in [0.4, 0.5) is 13.2 Å². The van der Waals surface area contributed by atoms with Crippen molar-refractivity contribution in [1.29, 1.82) is 0 Å². The molecule has 2 rings (SSSR count). The lowest BCUT2D eigenvalue weighted by atomic mass is 10.1. The molecule has 0 aliphatic rings. The zero-order valence-electron chi connectivity index (χ0n) is 14.1. The standard InChI is InChI=1S/C17H16F3NO5S/c1-9(22)27-8-12(17(18,19)20)15(23)21-13(16(24)25)6-14-11-5-3-2-4-10(11)7-26-14/h2-5,7,12-13H,6,8H2,1H3,(H,21,23)(H,24,25)/t12-,13+/m1/s1. The molecule has 0 aliphatic carbocycles. The molecule has 2 N–H and O–H groups in total. The number of alkyl halides is 3. The van der Waals surface area contributed by atoms with Crippen LogP contribution in [0.25, 0.3) is 10.8 Å². The molecule has 1 aromatic carbocycles. The number of carbonyl (C=O) groups is 3. The number of fused-ring (bicyclic) bond motifs is 1. The van der Waals surface area contributed by atoms with Gasteiger partial charge in [-0.15, -0.1) is 0 Å². The first kappa shape index (κ1) is 20.8. The average Bonchev–Trinajstić information content (AvgIpc) is 2.96. The topological polar surface area (TPSA) is 96.6 Å². The van der Waals surface area contributed by atoms with E-state index in [9.17, 15) is 32.7 Å². The van der Waals surface area contributed by atoms with Crippen LogP contribution in [0.5, 0.6) is 0 Å². The highest BCUT2D eigenvalue weighted by Gasteiger charge is 2.45. The largest absolute Gasteiger partial charge is 0.480 e. The van der Waals surface area contributed by atoms with Gasteiger partial charge in [-0.25, -0.2) is 4.79 Å². The van der Waals surface area contributed by atoms with Crippen molar-refractivity contribution in [2.45, 2.75) is 25.6 Å². The molecule has 10 heteroatoms. The van der Waals surface area contributed by atoms with Crippen LogP contribution in [0.15, 0.2) is 34.9 Å². The van der Waals surface area contributed by atoms with Gasteiger partial charge in [-0.2, -0.15) is 13.2 Å².